The van der Waals surface area contributed by atoms with E-state index in [9.17, 15) is 51.1 Å². The van der Waals surface area contributed by atoms with Gasteiger partial charge in [0.1, 0.15) is 118 Å². The lowest BCUT2D eigenvalue weighted by atomic mass is 10.0. The lowest BCUT2D eigenvalue weighted by molar-refractivity contribution is -0.0487. The average Bonchev–Trinajstić information content (AvgIpc) is 1.64. The highest BCUT2D eigenvalue weighted by Crippen LogP contribution is 2.49. The van der Waals surface area contributed by atoms with Crippen LogP contribution in [-0.2, 0) is 42.9 Å². The van der Waals surface area contributed by atoms with Gasteiger partial charge in [-0.25, -0.2) is 74.8 Å². The van der Waals surface area contributed by atoms with Crippen molar-refractivity contribution in [2.75, 3.05) is 126 Å². The van der Waals surface area contributed by atoms with Gasteiger partial charge >= 0.3 is 0 Å². The molecule has 0 bridgehead atoms. The standard InChI is InChI=1S/C19H32N5O3P.C18H30N5O3P.C17H28N5O3P.2C16H26N5O3P.3CH4/c1-6-7-8-12-22-17(20)13-18(23-12)24(10-21-13)19-15(26)14(25)16(27-19)11(2)9-28(3,4)5;1-6-7-11-21-16(19)12-17(22-11)23(9-20-12)18-14(25)13(24)15(26-18)10(2)8-27(3,4)5;1-6-10-20-15(18)11-16(21-10)22(8-19-11)17-13(24)12(23)14(25-17)9(2)7-26(3,4)5;2*1-8(6-25(3,4)5)13-11(22)12(23)16(24-13)21-7-18-10-14(17)19-9(2)20-15(10)21;;;/h10-11,14-16,19,25-26H,3,6-9H2,1-2,4-5H3,(H2,20,22,23);9-10,13-15,18,24-25H,3,6-8H2,1-2,4-5H3,(H2,19,21,22);8-9,12-14,17,23-24H,3,6-7H2,1-2,4-5H3,(H2,18,20,21);2*7-8,11-13,16,22-23H,3,6H2,1-2,4-5H3,(H2,17,19,20);3*1H4/t11?,14-,15+,16+,19+;10?,13-,14+,15+,18+;9?,12-,13+,14+,17+;2*8?,11-,12+,13+,16+;;;/m00000.../s1. The zero-order valence-electron chi connectivity index (χ0n) is 79.2. The number of rotatable bonds is 26. The minimum Gasteiger partial charge on any atom is -0.388 e. The summed E-state index contributed by atoms with van der Waals surface area (Å²) in [5.74, 6) is 4.75. The van der Waals surface area contributed by atoms with E-state index >= 15 is 0 Å². The maximum atomic E-state index is 10.7. The molecule has 5 fully saturated rings. The Balaban J connectivity index is 0.000000205. The zero-order chi connectivity index (χ0) is 96.8. The fourth-order valence-corrected chi connectivity index (χ4v) is 27.1. The number of aromatic nitrogens is 20. The molecule has 15 heterocycles. The Morgan fingerprint density at radius 1 is 0.306 bits per heavy atom. The molecule has 0 aliphatic carbocycles. The predicted molar refractivity (Wildman–Crippen MR) is 550 cm³/mol. The molecule has 134 heavy (non-hydrogen) atoms. The van der Waals surface area contributed by atoms with E-state index in [-0.39, 0.29) is 63.5 Å². The molecule has 10 aromatic heterocycles. The van der Waals surface area contributed by atoms with Crippen LogP contribution >= 0.6 is 34.4 Å². The van der Waals surface area contributed by atoms with Crippen molar-refractivity contribution in [3.63, 3.8) is 0 Å². The van der Waals surface area contributed by atoms with Crippen LogP contribution in [0.25, 0.3) is 55.8 Å². The number of fused-ring (bicyclic) bond motifs is 5. The van der Waals surface area contributed by atoms with Gasteiger partial charge in [0.05, 0.1) is 62.2 Å². The van der Waals surface area contributed by atoms with E-state index in [4.69, 9.17) is 52.4 Å². The number of aliphatic hydroxyl groups is 10. The van der Waals surface area contributed by atoms with Crippen LogP contribution < -0.4 is 28.7 Å². The molecule has 40 nitrogen and oxygen atoms in total. The number of anilines is 5. The number of ether oxygens (including phenoxy) is 5. The summed E-state index contributed by atoms with van der Waals surface area (Å²) in [7, 11) is 0. The van der Waals surface area contributed by atoms with Crippen LogP contribution in [0.5, 0.6) is 0 Å². The molecule has 750 valence electrons. The lowest BCUT2D eigenvalue weighted by Crippen LogP contribution is -2.36. The fourth-order valence-electron chi connectivity index (χ4n) is 18.3. The Kier molecular flexibility index (Phi) is 37.5. The van der Waals surface area contributed by atoms with Gasteiger partial charge in [0.15, 0.2) is 88.5 Å². The van der Waals surface area contributed by atoms with Gasteiger partial charge in [-0.3, -0.25) is 22.8 Å². The largest absolute Gasteiger partial charge is 0.388 e. The summed E-state index contributed by atoms with van der Waals surface area (Å²) in [6.45, 7) is 34.7. The van der Waals surface area contributed by atoms with E-state index in [0.29, 0.717) is 115 Å². The van der Waals surface area contributed by atoms with E-state index in [1.54, 1.807) is 43.0 Å². The maximum absolute atomic E-state index is 10.7. The van der Waals surface area contributed by atoms with Gasteiger partial charge < -0.3 is 103 Å². The van der Waals surface area contributed by atoms with E-state index in [0.717, 1.165) is 56.5 Å². The van der Waals surface area contributed by atoms with Crippen molar-refractivity contribution in [2.45, 2.75) is 253 Å². The van der Waals surface area contributed by atoms with Gasteiger partial charge in [0, 0.05) is 19.3 Å². The van der Waals surface area contributed by atoms with Crippen molar-refractivity contribution in [1.82, 2.24) is 97.6 Å². The number of nitrogen functional groups attached to an aromatic ring is 5. The van der Waals surface area contributed by atoms with Crippen molar-refractivity contribution in [2.24, 2.45) is 29.6 Å². The van der Waals surface area contributed by atoms with Crippen molar-refractivity contribution >= 4 is 151 Å². The number of imidazole rings is 5. The van der Waals surface area contributed by atoms with Gasteiger partial charge in [0.25, 0.3) is 0 Å². The van der Waals surface area contributed by atoms with Crippen molar-refractivity contribution in [3.8, 4) is 0 Å². The Bertz CT molecular complexity index is 5750. The maximum Gasteiger partial charge on any atom is 0.167 e. The van der Waals surface area contributed by atoms with E-state index in [1.807, 2.05) is 48.5 Å². The normalized spacial score (nSPS) is 27.2. The molecule has 5 unspecified atom stereocenters. The lowest BCUT2D eigenvalue weighted by Gasteiger charge is -2.26. The van der Waals surface area contributed by atoms with Gasteiger partial charge in [-0.15, -0.1) is 65.9 Å². The highest BCUT2D eigenvalue weighted by molar-refractivity contribution is 7.73. The highest BCUT2D eigenvalue weighted by atomic mass is 31.2. The summed E-state index contributed by atoms with van der Waals surface area (Å²) in [5.41, 5.74) is 34.7. The molecule has 0 spiro atoms. The van der Waals surface area contributed by atoms with Gasteiger partial charge in [-0.2, -0.15) is 0 Å². The predicted octanol–water partition coefficient (Wildman–Crippen LogP) is 7.25. The van der Waals surface area contributed by atoms with Crippen LogP contribution in [0.4, 0.5) is 29.1 Å². The number of hydrogen-bond donors (Lipinski definition) is 15. The molecule has 25 atom stereocenters. The fraction of sp³-hybridized carbons (Fsp3) is 0.663. The molecule has 15 rings (SSSR count). The summed E-state index contributed by atoms with van der Waals surface area (Å²) < 4.78 is 38.5. The number of hydrogen-bond acceptors (Lipinski definition) is 35. The molecule has 20 N–H and O–H groups in total. The van der Waals surface area contributed by atoms with Crippen LogP contribution in [-0.4, -0.2) is 369 Å². The molecule has 5 saturated heterocycles. The quantitative estimate of drug-likeness (QED) is 0.0237. The van der Waals surface area contributed by atoms with Crippen LogP contribution in [0, 0.1) is 43.4 Å². The summed E-state index contributed by atoms with van der Waals surface area (Å²) in [5, 5.41) is 106. The first-order valence-electron chi connectivity index (χ1n) is 44.4. The monoisotopic (exact) mass is 1970 g/mol. The van der Waals surface area contributed by atoms with Crippen molar-refractivity contribution in [1.29, 1.82) is 0 Å². The summed E-state index contributed by atoms with van der Waals surface area (Å²) >= 11 is 0. The Labute approximate surface area is 788 Å². The summed E-state index contributed by atoms with van der Waals surface area (Å²) in [6, 6.07) is 0. The molecule has 0 amide bonds. The van der Waals surface area contributed by atoms with Crippen LogP contribution in [0.2, 0.25) is 0 Å². The number of unbranched alkanes of at least 4 members (excludes halogenated alkanes) is 1. The minimum absolute atomic E-state index is 0. The third-order valence-corrected chi connectivity index (χ3v) is 31.4. The first-order chi connectivity index (χ1) is 61.0. The van der Waals surface area contributed by atoms with Crippen LogP contribution in [0.1, 0.15) is 157 Å². The molecule has 5 aliphatic rings. The third kappa shape index (κ3) is 25.8. The Morgan fingerprint density at radius 3 is 0.716 bits per heavy atom. The molecule has 10 aromatic rings. The van der Waals surface area contributed by atoms with E-state index < -0.39 is 157 Å². The molecule has 0 aromatic carbocycles. The molecule has 0 radical (unpaired) electrons. The number of aliphatic hydroxyl groups excluding tert-OH is 10. The molecule has 45 heteroatoms. The van der Waals surface area contributed by atoms with Gasteiger partial charge in [0.2, 0.25) is 0 Å². The summed E-state index contributed by atoms with van der Waals surface area (Å²) in [4.78, 5) is 64.7. The Hall–Kier alpha value is -7.35. The number of nitrogens with two attached hydrogens (primary N) is 5. The van der Waals surface area contributed by atoms with Crippen LogP contribution in [0.3, 0.4) is 0 Å². The van der Waals surface area contributed by atoms with E-state index in [2.05, 4.69) is 180 Å². The first-order valence-corrected chi connectivity index (χ1v) is 59.6. The van der Waals surface area contributed by atoms with Crippen molar-refractivity contribution < 1.29 is 74.7 Å². The van der Waals surface area contributed by atoms with Gasteiger partial charge in [-0.05, 0) is 154 Å². The Morgan fingerprint density at radius 2 is 0.507 bits per heavy atom. The van der Waals surface area contributed by atoms with E-state index in [1.165, 1.54) is 25.3 Å². The van der Waals surface area contributed by atoms with Crippen molar-refractivity contribution in [3.05, 3.63) is 60.8 Å². The average molecular weight is 1970 g/mol. The zero-order valence-corrected chi connectivity index (χ0v) is 83.7. The topological polar surface area (TPSA) is 597 Å². The highest BCUT2D eigenvalue weighted by Gasteiger charge is 2.52. The molecule has 5 aliphatic heterocycles. The molecule has 0 saturated carbocycles. The molecular weight excluding hydrogens is 1810 g/mol. The smallest absolute Gasteiger partial charge is 0.167 e. The van der Waals surface area contributed by atoms with Crippen LogP contribution in [0.15, 0.2) is 31.6 Å². The van der Waals surface area contributed by atoms with Gasteiger partial charge in [-0.1, -0.05) is 84.1 Å². The number of aryl methyl sites for hydroxylation is 5. The summed E-state index contributed by atoms with van der Waals surface area (Å²) in [6.07, 6.45) is 21.6. The SMILES string of the molecule is C.C.C.C=P(C)(C)CC(C)[C@H]1O[C@@H](n2cnc3c(N)nc(C)nc32)[C@H](O)[C@@H]1O.C=P(C)(C)CC(C)[C@H]1O[C@@H](n2cnc3c(N)nc(C)nc32)[C@H](O)[C@@H]1O.C=P(C)(C)CC(C)[C@H]1O[C@@H](n2cnc3c(N)nc(CC)nc32)[C@H](O)[C@@H]1O.C=P(C)(C)CC(C)[C@H]1O[C@@H](n2cnc3c(N)nc(CCC)nc32)[C@H](O)[C@@H]1O.C=P(C)(C)CC(C)[C@H]1O[C@@H](n2cnc3c(N)nc(CCCC)nc32)[C@H](O)[C@@H]1O. The molecular formula is C89H154N25O15P5. The second kappa shape index (κ2) is 44.8. The third-order valence-electron chi connectivity index (χ3n) is 23.6. The number of nitrogens with zero attached hydrogens (tertiary/aromatic N) is 20. The second-order valence-corrected chi connectivity index (χ2v) is 60.7. The minimum atomic E-state index is -1.29. The first kappa shape index (κ1) is 112. The second-order valence-electron chi connectivity index (χ2n) is 39.6.